The van der Waals surface area contributed by atoms with Crippen LogP contribution in [0.1, 0.15) is 25.7 Å². The number of amides is 3. The van der Waals surface area contributed by atoms with Crippen LogP contribution >= 0.6 is 0 Å². The number of nitrogens with one attached hydrogen (secondary N) is 1. The first-order valence-corrected chi connectivity index (χ1v) is 6.50. The number of hydrogen-bond acceptors (Lipinski definition) is 3. The molecule has 1 atom stereocenters. The fourth-order valence-electron chi connectivity index (χ4n) is 2.37. The molecule has 2 rings (SSSR count). The third-order valence-electron chi connectivity index (χ3n) is 4.00. The number of carboxylic acids is 1. The molecule has 7 heteroatoms. The van der Waals surface area contributed by atoms with Crippen molar-refractivity contribution in [3.05, 3.63) is 0 Å². The largest absolute Gasteiger partial charge is 0.481 e. The summed E-state index contributed by atoms with van der Waals surface area (Å²) in [6.07, 6.45) is 2.66. The fourth-order valence-corrected chi connectivity index (χ4v) is 2.37. The van der Waals surface area contributed by atoms with Crippen LogP contribution in [0, 0.1) is 11.3 Å². The summed E-state index contributed by atoms with van der Waals surface area (Å²) >= 11 is 0. The van der Waals surface area contributed by atoms with Crippen LogP contribution in [0.4, 0.5) is 4.79 Å². The van der Waals surface area contributed by atoms with Gasteiger partial charge in [-0.15, -0.1) is 0 Å². The van der Waals surface area contributed by atoms with E-state index in [0.29, 0.717) is 32.4 Å². The number of urea groups is 1. The van der Waals surface area contributed by atoms with Crippen LogP contribution in [-0.4, -0.2) is 47.5 Å². The maximum atomic E-state index is 11.9. The maximum Gasteiger partial charge on any atom is 0.317 e. The molecular weight excluding hydrogens is 250 g/mol. The van der Waals surface area contributed by atoms with Crippen molar-refractivity contribution in [3.8, 4) is 0 Å². The first-order valence-electron chi connectivity index (χ1n) is 6.50. The van der Waals surface area contributed by atoms with Crippen LogP contribution in [0.15, 0.2) is 0 Å². The number of carbonyl (C=O) groups is 3. The van der Waals surface area contributed by atoms with Gasteiger partial charge in [-0.1, -0.05) is 0 Å². The number of carbonyl (C=O) groups excluding carboxylic acids is 2. The lowest BCUT2D eigenvalue weighted by molar-refractivity contribution is -0.143. The van der Waals surface area contributed by atoms with E-state index in [-0.39, 0.29) is 24.4 Å². The van der Waals surface area contributed by atoms with E-state index < -0.39 is 11.4 Å². The summed E-state index contributed by atoms with van der Waals surface area (Å²) in [6, 6.07) is -0.307. The van der Waals surface area contributed by atoms with Crippen molar-refractivity contribution in [3.63, 3.8) is 0 Å². The molecule has 0 radical (unpaired) electrons. The Kier molecular flexibility index (Phi) is 3.64. The third kappa shape index (κ3) is 2.97. The molecule has 1 saturated carbocycles. The number of primary amides is 1. The lowest BCUT2D eigenvalue weighted by atomic mass is 9.98. The second-order valence-corrected chi connectivity index (χ2v) is 5.43. The quantitative estimate of drug-likeness (QED) is 0.653. The van der Waals surface area contributed by atoms with E-state index in [1.165, 1.54) is 4.90 Å². The average Bonchev–Trinajstić information content (AvgIpc) is 3.17. The highest BCUT2D eigenvalue weighted by molar-refractivity contribution is 5.81. The van der Waals surface area contributed by atoms with E-state index in [1.807, 2.05) is 0 Å². The minimum atomic E-state index is -0.860. The minimum Gasteiger partial charge on any atom is -0.481 e. The summed E-state index contributed by atoms with van der Waals surface area (Å²) < 4.78 is 0. The Balaban J connectivity index is 1.83. The molecule has 19 heavy (non-hydrogen) atoms. The monoisotopic (exact) mass is 269 g/mol. The molecule has 2 aliphatic rings. The van der Waals surface area contributed by atoms with Gasteiger partial charge in [-0.2, -0.15) is 0 Å². The molecule has 2 fully saturated rings. The van der Waals surface area contributed by atoms with Crippen LogP contribution in [0.2, 0.25) is 0 Å². The first kappa shape index (κ1) is 13.6. The maximum absolute atomic E-state index is 11.9. The molecule has 0 aromatic rings. The summed E-state index contributed by atoms with van der Waals surface area (Å²) in [5, 5.41) is 11.7. The molecule has 1 aliphatic carbocycles. The molecule has 0 aromatic heterocycles. The summed E-state index contributed by atoms with van der Waals surface area (Å²) in [4.78, 5) is 35.6. The number of likely N-dealkylation sites (tertiary alicyclic amines) is 1. The van der Waals surface area contributed by atoms with Gasteiger partial charge in [0, 0.05) is 19.6 Å². The lowest BCUT2D eigenvalue weighted by Gasteiger charge is -2.31. The highest BCUT2D eigenvalue weighted by atomic mass is 16.4. The standard InChI is InChI=1S/C12H19N3O4/c13-9(16)8-2-1-5-15(6-8)11(19)14-7-12(3-4-12)10(17)18/h8H,1-7H2,(H2,13,16)(H,14,19)(H,17,18). The molecule has 1 saturated heterocycles. The fraction of sp³-hybridized carbons (Fsp3) is 0.750. The molecule has 1 unspecified atom stereocenters. The number of aliphatic carboxylic acids is 1. The Morgan fingerprint density at radius 3 is 2.58 bits per heavy atom. The van der Waals surface area contributed by atoms with Gasteiger partial charge in [0.1, 0.15) is 0 Å². The number of piperidine rings is 1. The minimum absolute atomic E-state index is 0.152. The highest BCUT2D eigenvalue weighted by Crippen LogP contribution is 2.45. The Labute approximate surface area is 111 Å². The summed E-state index contributed by atoms with van der Waals surface area (Å²) in [7, 11) is 0. The second-order valence-electron chi connectivity index (χ2n) is 5.43. The van der Waals surface area contributed by atoms with Crippen LogP contribution in [0.25, 0.3) is 0 Å². The van der Waals surface area contributed by atoms with Gasteiger partial charge in [0.15, 0.2) is 0 Å². The molecule has 0 spiro atoms. The van der Waals surface area contributed by atoms with E-state index >= 15 is 0 Å². The van der Waals surface area contributed by atoms with Crippen molar-refractivity contribution in [1.29, 1.82) is 0 Å². The molecule has 1 heterocycles. The van der Waals surface area contributed by atoms with Crippen molar-refractivity contribution < 1.29 is 19.5 Å². The molecule has 3 amide bonds. The van der Waals surface area contributed by atoms with Gasteiger partial charge in [-0.25, -0.2) is 4.79 Å². The smallest absolute Gasteiger partial charge is 0.317 e. The van der Waals surface area contributed by atoms with Crippen molar-refractivity contribution in [2.75, 3.05) is 19.6 Å². The van der Waals surface area contributed by atoms with E-state index in [4.69, 9.17) is 10.8 Å². The van der Waals surface area contributed by atoms with E-state index in [0.717, 1.165) is 6.42 Å². The van der Waals surface area contributed by atoms with Gasteiger partial charge < -0.3 is 21.1 Å². The zero-order valence-corrected chi connectivity index (χ0v) is 10.7. The predicted molar refractivity (Wildman–Crippen MR) is 66.2 cm³/mol. The van der Waals surface area contributed by atoms with Crippen molar-refractivity contribution in [1.82, 2.24) is 10.2 Å². The zero-order valence-electron chi connectivity index (χ0n) is 10.7. The number of nitrogens with two attached hydrogens (primary N) is 1. The Hall–Kier alpha value is -1.79. The molecule has 4 N–H and O–H groups in total. The number of carboxylic acid groups (broad SMARTS) is 1. The Bertz CT molecular complexity index is 406. The number of nitrogens with zero attached hydrogens (tertiary/aromatic N) is 1. The van der Waals surface area contributed by atoms with Gasteiger partial charge in [-0.3, -0.25) is 9.59 Å². The van der Waals surface area contributed by atoms with Crippen molar-refractivity contribution in [2.24, 2.45) is 17.1 Å². The molecule has 106 valence electrons. The summed E-state index contributed by atoms with van der Waals surface area (Å²) in [5.41, 5.74) is 4.48. The van der Waals surface area contributed by atoms with E-state index in [2.05, 4.69) is 5.32 Å². The molecule has 0 aromatic carbocycles. The normalized spacial score (nSPS) is 24.6. The van der Waals surface area contributed by atoms with Gasteiger partial charge in [0.2, 0.25) is 5.91 Å². The lowest BCUT2D eigenvalue weighted by Crippen LogP contribution is -2.49. The second kappa shape index (κ2) is 5.07. The van der Waals surface area contributed by atoms with Crippen LogP contribution in [0.5, 0.6) is 0 Å². The summed E-state index contributed by atoms with van der Waals surface area (Å²) in [6.45, 7) is 1.05. The van der Waals surface area contributed by atoms with Gasteiger partial charge in [-0.05, 0) is 25.7 Å². The van der Waals surface area contributed by atoms with Gasteiger partial charge >= 0.3 is 12.0 Å². The van der Waals surface area contributed by atoms with Gasteiger partial charge in [0.25, 0.3) is 0 Å². The van der Waals surface area contributed by atoms with Crippen molar-refractivity contribution in [2.45, 2.75) is 25.7 Å². The number of hydrogen-bond donors (Lipinski definition) is 3. The van der Waals surface area contributed by atoms with Crippen molar-refractivity contribution >= 4 is 17.9 Å². The van der Waals surface area contributed by atoms with Crippen LogP contribution in [0.3, 0.4) is 0 Å². The Morgan fingerprint density at radius 2 is 2.05 bits per heavy atom. The van der Waals surface area contributed by atoms with E-state index in [9.17, 15) is 14.4 Å². The van der Waals surface area contributed by atoms with Crippen LogP contribution in [-0.2, 0) is 9.59 Å². The topological polar surface area (TPSA) is 113 Å². The SMILES string of the molecule is NC(=O)C1CCCN(C(=O)NCC2(C(=O)O)CC2)C1. The molecule has 1 aliphatic heterocycles. The highest BCUT2D eigenvalue weighted by Gasteiger charge is 2.50. The predicted octanol–water partition coefficient (Wildman–Crippen LogP) is -0.242. The van der Waals surface area contributed by atoms with Gasteiger partial charge in [0.05, 0.1) is 11.3 Å². The third-order valence-corrected chi connectivity index (χ3v) is 4.00. The first-order chi connectivity index (χ1) is 8.94. The average molecular weight is 269 g/mol. The molecule has 0 bridgehead atoms. The Morgan fingerprint density at radius 1 is 1.37 bits per heavy atom. The summed E-state index contributed by atoms with van der Waals surface area (Å²) in [5.74, 6) is -1.54. The van der Waals surface area contributed by atoms with E-state index in [1.54, 1.807) is 0 Å². The molecule has 7 nitrogen and oxygen atoms in total. The van der Waals surface area contributed by atoms with Crippen LogP contribution < -0.4 is 11.1 Å². The zero-order chi connectivity index (χ0) is 14.0. The number of rotatable bonds is 4. The molecular formula is C12H19N3O4.